The Bertz CT molecular complexity index is 794. The molecule has 0 radical (unpaired) electrons. The highest BCUT2D eigenvalue weighted by atomic mass is 19.1. The van der Waals surface area contributed by atoms with Crippen molar-refractivity contribution < 1.29 is 18.7 Å². The van der Waals surface area contributed by atoms with Gasteiger partial charge in [-0.1, -0.05) is 19.9 Å². The van der Waals surface area contributed by atoms with Crippen molar-refractivity contribution in [2.45, 2.75) is 32.7 Å². The summed E-state index contributed by atoms with van der Waals surface area (Å²) in [5, 5.41) is 2.34. The Balaban J connectivity index is 2.12. The van der Waals surface area contributed by atoms with Gasteiger partial charge in [0.1, 0.15) is 6.61 Å². The third kappa shape index (κ3) is 6.21. The second-order valence-corrected chi connectivity index (χ2v) is 7.21. The molecule has 27 heavy (non-hydrogen) atoms. The summed E-state index contributed by atoms with van der Waals surface area (Å²) in [4.78, 5) is 15.2. The van der Waals surface area contributed by atoms with E-state index in [1.807, 2.05) is 6.92 Å². The molecule has 2 aromatic rings. The van der Waals surface area contributed by atoms with Crippen LogP contribution in [0.4, 0.5) is 9.18 Å². The Kier molecular flexibility index (Phi) is 6.74. The zero-order chi connectivity index (χ0) is 20.0. The second-order valence-electron chi connectivity index (χ2n) is 7.21. The number of ether oxygens (including phenoxy) is 2. The average molecular weight is 375 g/mol. The third-order valence-electron chi connectivity index (χ3n) is 3.83. The highest BCUT2D eigenvalue weighted by Crippen LogP contribution is 2.28. The highest BCUT2D eigenvalue weighted by molar-refractivity contribution is 5.71. The van der Waals surface area contributed by atoms with Crippen molar-refractivity contribution >= 4 is 6.09 Å². The molecule has 0 saturated carbocycles. The summed E-state index contributed by atoms with van der Waals surface area (Å²) >= 11 is 0. The smallest absolute Gasteiger partial charge is 0.413 e. The first-order valence-corrected chi connectivity index (χ1v) is 8.77. The standard InChI is InChI=1S/C20H26FN3O3/c1-13(2)11-20(3,22)12-26-17-6-5-14(9-16(17)21)15-7-8-24-18(10-15)27-19(25)23-4/h5-10,13H,11-12,22H2,1-4H3,(H,23,25)/t20-/m0/s1. The van der Waals surface area contributed by atoms with Crippen LogP contribution in [0.15, 0.2) is 36.5 Å². The van der Waals surface area contributed by atoms with Crippen LogP contribution in [0, 0.1) is 11.7 Å². The largest absolute Gasteiger partial charge is 0.489 e. The molecule has 0 aliphatic heterocycles. The molecule has 1 aromatic carbocycles. The molecule has 2 rings (SSSR count). The van der Waals surface area contributed by atoms with Crippen LogP contribution in [0.5, 0.6) is 11.6 Å². The van der Waals surface area contributed by atoms with E-state index >= 15 is 0 Å². The molecule has 0 fully saturated rings. The quantitative estimate of drug-likeness (QED) is 0.770. The lowest BCUT2D eigenvalue weighted by Crippen LogP contribution is -2.43. The van der Waals surface area contributed by atoms with E-state index in [1.165, 1.54) is 19.3 Å². The summed E-state index contributed by atoms with van der Waals surface area (Å²) in [6, 6.07) is 7.92. The minimum Gasteiger partial charge on any atom is -0.489 e. The van der Waals surface area contributed by atoms with Crippen LogP contribution in [-0.2, 0) is 0 Å². The van der Waals surface area contributed by atoms with E-state index in [1.54, 1.807) is 24.3 Å². The highest BCUT2D eigenvalue weighted by Gasteiger charge is 2.21. The van der Waals surface area contributed by atoms with Crippen LogP contribution in [0.25, 0.3) is 11.1 Å². The lowest BCUT2D eigenvalue weighted by Gasteiger charge is -2.26. The minimum atomic E-state index is -0.624. The Morgan fingerprint density at radius 2 is 2.00 bits per heavy atom. The van der Waals surface area contributed by atoms with Crippen LogP contribution in [0.3, 0.4) is 0 Å². The molecular formula is C20H26FN3O3. The summed E-state index contributed by atoms with van der Waals surface area (Å²) in [7, 11) is 1.45. The Hall–Kier alpha value is -2.67. The molecule has 146 valence electrons. The van der Waals surface area contributed by atoms with Crippen molar-refractivity contribution in [3.8, 4) is 22.8 Å². The van der Waals surface area contributed by atoms with Gasteiger partial charge in [0.25, 0.3) is 0 Å². The van der Waals surface area contributed by atoms with Crippen LogP contribution in [-0.4, -0.2) is 30.3 Å². The van der Waals surface area contributed by atoms with Gasteiger partial charge in [-0.2, -0.15) is 0 Å². The Morgan fingerprint density at radius 1 is 1.30 bits per heavy atom. The average Bonchev–Trinajstić information content (AvgIpc) is 2.59. The van der Waals surface area contributed by atoms with E-state index in [9.17, 15) is 9.18 Å². The van der Waals surface area contributed by atoms with Gasteiger partial charge in [-0.3, -0.25) is 0 Å². The number of halogens is 1. The SMILES string of the molecule is CNC(=O)Oc1cc(-c2ccc(OC[C@@](C)(N)CC(C)C)c(F)c2)ccn1. The van der Waals surface area contributed by atoms with Crippen LogP contribution in [0.2, 0.25) is 0 Å². The van der Waals surface area contributed by atoms with E-state index in [2.05, 4.69) is 24.1 Å². The van der Waals surface area contributed by atoms with E-state index in [4.69, 9.17) is 15.2 Å². The maximum absolute atomic E-state index is 14.5. The maximum Gasteiger partial charge on any atom is 0.413 e. The first kappa shape index (κ1) is 20.6. The van der Waals surface area contributed by atoms with E-state index in [-0.39, 0.29) is 18.2 Å². The fraction of sp³-hybridized carbons (Fsp3) is 0.400. The summed E-state index contributed by atoms with van der Waals surface area (Å²) in [6.45, 7) is 6.28. The molecule has 0 bridgehead atoms. The van der Waals surface area contributed by atoms with Crippen molar-refractivity contribution in [2.24, 2.45) is 11.7 Å². The van der Waals surface area contributed by atoms with Crippen molar-refractivity contribution in [1.82, 2.24) is 10.3 Å². The van der Waals surface area contributed by atoms with Crippen LogP contribution >= 0.6 is 0 Å². The third-order valence-corrected chi connectivity index (χ3v) is 3.83. The summed E-state index contributed by atoms with van der Waals surface area (Å²) in [5.74, 6) is 0.211. The fourth-order valence-corrected chi connectivity index (χ4v) is 2.82. The van der Waals surface area contributed by atoms with E-state index in [0.29, 0.717) is 17.0 Å². The van der Waals surface area contributed by atoms with Gasteiger partial charge in [0.05, 0.1) is 0 Å². The lowest BCUT2D eigenvalue weighted by molar-refractivity contribution is 0.200. The summed E-state index contributed by atoms with van der Waals surface area (Å²) in [5.41, 5.74) is 6.95. The first-order chi connectivity index (χ1) is 12.7. The molecule has 0 saturated heterocycles. The molecule has 1 atom stereocenters. The number of hydrogen-bond acceptors (Lipinski definition) is 5. The lowest BCUT2D eigenvalue weighted by atomic mass is 9.93. The molecule has 0 aliphatic carbocycles. The molecule has 1 aromatic heterocycles. The molecule has 7 heteroatoms. The molecule has 0 spiro atoms. The number of carbonyl (C=O) groups excluding carboxylic acids is 1. The monoisotopic (exact) mass is 375 g/mol. The van der Waals surface area contributed by atoms with Gasteiger partial charge >= 0.3 is 6.09 Å². The molecule has 6 nitrogen and oxygen atoms in total. The summed E-state index contributed by atoms with van der Waals surface area (Å²) < 4.78 is 25.0. The zero-order valence-electron chi connectivity index (χ0n) is 16.1. The van der Waals surface area contributed by atoms with Gasteiger partial charge in [0, 0.05) is 24.8 Å². The molecule has 1 amide bonds. The number of nitrogens with two attached hydrogens (primary N) is 1. The normalized spacial score (nSPS) is 13.1. The van der Waals surface area contributed by atoms with E-state index in [0.717, 1.165) is 6.42 Å². The zero-order valence-corrected chi connectivity index (χ0v) is 16.1. The number of amides is 1. The molecule has 0 aliphatic rings. The van der Waals surface area contributed by atoms with Gasteiger partial charge < -0.3 is 20.5 Å². The second kappa shape index (κ2) is 8.81. The molecule has 0 unspecified atom stereocenters. The van der Waals surface area contributed by atoms with Gasteiger partial charge in [0.2, 0.25) is 5.88 Å². The predicted molar refractivity (Wildman–Crippen MR) is 102 cm³/mol. The number of pyridine rings is 1. The number of nitrogens with one attached hydrogen (secondary N) is 1. The Labute approximate surface area is 158 Å². The van der Waals surface area contributed by atoms with Crippen LogP contribution in [0.1, 0.15) is 27.2 Å². The maximum atomic E-state index is 14.5. The fourth-order valence-electron chi connectivity index (χ4n) is 2.82. The number of aromatic nitrogens is 1. The van der Waals surface area contributed by atoms with Gasteiger partial charge in [-0.15, -0.1) is 0 Å². The first-order valence-electron chi connectivity index (χ1n) is 8.77. The van der Waals surface area contributed by atoms with Gasteiger partial charge in [-0.05, 0) is 48.6 Å². The number of carbonyl (C=O) groups is 1. The van der Waals surface area contributed by atoms with Crippen molar-refractivity contribution in [3.63, 3.8) is 0 Å². The molecular weight excluding hydrogens is 349 g/mol. The Morgan fingerprint density at radius 3 is 2.63 bits per heavy atom. The minimum absolute atomic E-state index is 0.125. The number of rotatable bonds is 7. The van der Waals surface area contributed by atoms with Crippen LogP contribution < -0.4 is 20.5 Å². The topological polar surface area (TPSA) is 86.5 Å². The van der Waals surface area contributed by atoms with Gasteiger partial charge in [0.15, 0.2) is 11.6 Å². The number of nitrogens with zero attached hydrogens (tertiary/aromatic N) is 1. The molecule has 3 N–H and O–H groups in total. The number of benzene rings is 1. The van der Waals surface area contributed by atoms with Crippen molar-refractivity contribution in [2.75, 3.05) is 13.7 Å². The van der Waals surface area contributed by atoms with Crippen molar-refractivity contribution in [3.05, 3.63) is 42.3 Å². The summed E-state index contributed by atoms with van der Waals surface area (Å²) in [6.07, 6.45) is 1.64. The molecule has 1 heterocycles. The van der Waals surface area contributed by atoms with Crippen molar-refractivity contribution in [1.29, 1.82) is 0 Å². The van der Waals surface area contributed by atoms with Gasteiger partial charge in [-0.25, -0.2) is 14.2 Å². The number of hydrogen-bond donors (Lipinski definition) is 2. The predicted octanol–water partition coefficient (Wildman–Crippen LogP) is 3.75. The van der Waals surface area contributed by atoms with E-state index < -0.39 is 17.4 Å².